The molecule has 0 N–H and O–H groups in total. The van der Waals surface area contributed by atoms with Crippen molar-refractivity contribution >= 4 is 23.2 Å². The predicted octanol–water partition coefficient (Wildman–Crippen LogP) is 3.17. The summed E-state index contributed by atoms with van der Waals surface area (Å²) >= 11 is 0. The van der Waals surface area contributed by atoms with Gasteiger partial charge in [0.05, 0.1) is 17.5 Å². The number of hydrogen-bond donors (Lipinski definition) is 0. The SMILES string of the molecule is O=C1C(CC2CCCO2)C(=O)N(c2ccccc2)N1c1ccccc1. The van der Waals surface area contributed by atoms with Gasteiger partial charge in [0.25, 0.3) is 11.8 Å². The highest BCUT2D eigenvalue weighted by atomic mass is 16.5. The second kappa shape index (κ2) is 6.69. The average Bonchev–Trinajstić information content (AvgIpc) is 3.25. The van der Waals surface area contributed by atoms with Crippen molar-refractivity contribution in [3.8, 4) is 0 Å². The van der Waals surface area contributed by atoms with Crippen LogP contribution in [0.15, 0.2) is 60.7 Å². The monoisotopic (exact) mass is 336 g/mol. The first-order chi connectivity index (χ1) is 12.3. The van der Waals surface area contributed by atoms with E-state index in [0.29, 0.717) is 24.4 Å². The van der Waals surface area contributed by atoms with Crippen molar-refractivity contribution in [1.82, 2.24) is 0 Å². The van der Waals surface area contributed by atoms with E-state index in [1.165, 1.54) is 10.0 Å². The van der Waals surface area contributed by atoms with Gasteiger partial charge in [0.15, 0.2) is 0 Å². The molecular weight excluding hydrogens is 316 g/mol. The number of para-hydroxylation sites is 2. The van der Waals surface area contributed by atoms with Crippen molar-refractivity contribution in [2.75, 3.05) is 16.6 Å². The first-order valence-corrected chi connectivity index (χ1v) is 8.65. The Bertz CT molecular complexity index is 700. The van der Waals surface area contributed by atoms with E-state index in [9.17, 15) is 9.59 Å². The van der Waals surface area contributed by atoms with Crippen LogP contribution in [0.4, 0.5) is 11.4 Å². The van der Waals surface area contributed by atoms with Gasteiger partial charge < -0.3 is 4.74 Å². The number of rotatable bonds is 4. The van der Waals surface area contributed by atoms with E-state index < -0.39 is 5.92 Å². The molecule has 0 aliphatic carbocycles. The zero-order valence-corrected chi connectivity index (χ0v) is 13.9. The fourth-order valence-electron chi connectivity index (χ4n) is 3.52. The van der Waals surface area contributed by atoms with Gasteiger partial charge in [-0.15, -0.1) is 0 Å². The number of nitrogens with zero attached hydrogens (tertiary/aromatic N) is 2. The number of carbonyl (C=O) groups is 2. The lowest BCUT2D eigenvalue weighted by molar-refractivity contribution is -0.128. The Balaban J connectivity index is 1.71. The molecule has 0 bridgehead atoms. The highest BCUT2D eigenvalue weighted by Crippen LogP contribution is 2.34. The van der Waals surface area contributed by atoms with Crippen molar-refractivity contribution in [3.63, 3.8) is 0 Å². The third-order valence-corrected chi connectivity index (χ3v) is 4.74. The zero-order valence-electron chi connectivity index (χ0n) is 13.9. The van der Waals surface area contributed by atoms with Gasteiger partial charge in [0.2, 0.25) is 0 Å². The standard InChI is InChI=1S/C20H20N2O3/c23-19-18(14-17-12-7-13-25-17)20(24)22(16-10-5-2-6-11-16)21(19)15-8-3-1-4-9-15/h1-6,8-11,17-18H,7,12-14H2. The van der Waals surface area contributed by atoms with E-state index >= 15 is 0 Å². The van der Waals surface area contributed by atoms with Crippen LogP contribution in [0.3, 0.4) is 0 Å². The van der Waals surface area contributed by atoms with E-state index in [1.54, 1.807) is 0 Å². The molecular formula is C20H20N2O3. The van der Waals surface area contributed by atoms with Gasteiger partial charge in [0, 0.05) is 6.61 Å². The van der Waals surface area contributed by atoms with Gasteiger partial charge in [-0.25, -0.2) is 10.0 Å². The minimum atomic E-state index is -0.691. The number of amides is 2. The number of ether oxygens (including phenoxy) is 1. The summed E-state index contributed by atoms with van der Waals surface area (Å²) in [4.78, 5) is 26.2. The van der Waals surface area contributed by atoms with E-state index in [-0.39, 0.29) is 17.9 Å². The van der Waals surface area contributed by atoms with Gasteiger partial charge in [0.1, 0.15) is 5.92 Å². The Hall–Kier alpha value is -2.66. The third kappa shape index (κ3) is 2.91. The van der Waals surface area contributed by atoms with Crippen LogP contribution in [0.5, 0.6) is 0 Å². The summed E-state index contributed by atoms with van der Waals surface area (Å²) in [6.45, 7) is 0.713. The molecule has 0 saturated carbocycles. The molecule has 2 heterocycles. The van der Waals surface area contributed by atoms with Crippen LogP contribution in [0, 0.1) is 5.92 Å². The van der Waals surface area contributed by atoms with Crippen LogP contribution in [-0.4, -0.2) is 24.5 Å². The topological polar surface area (TPSA) is 49.9 Å². The van der Waals surface area contributed by atoms with Crippen molar-refractivity contribution in [2.45, 2.75) is 25.4 Å². The summed E-state index contributed by atoms with van der Waals surface area (Å²) in [6, 6.07) is 18.6. The number of benzene rings is 2. The van der Waals surface area contributed by atoms with Crippen molar-refractivity contribution in [1.29, 1.82) is 0 Å². The predicted molar refractivity (Wildman–Crippen MR) is 94.9 cm³/mol. The molecule has 5 nitrogen and oxygen atoms in total. The molecule has 2 saturated heterocycles. The third-order valence-electron chi connectivity index (χ3n) is 4.74. The first-order valence-electron chi connectivity index (χ1n) is 8.65. The molecule has 2 aromatic rings. The molecule has 0 aromatic heterocycles. The number of hydrazine groups is 1. The fourth-order valence-corrected chi connectivity index (χ4v) is 3.52. The molecule has 0 radical (unpaired) electrons. The zero-order chi connectivity index (χ0) is 17.2. The first kappa shape index (κ1) is 15.8. The maximum absolute atomic E-state index is 13.1. The normalized spacial score (nSPS) is 21.4. The summed E-state index contributed by atoms with van der Waals surface area (Å²) in [6.07, 6.45) is 2.34. The Morgan fingerprint density at radius 2 is 1.36 bits per heavy atom. The van der Waals surface area contributed by atoms with E-state index in [2.05, 4.69) is 0 Å². The summed E-state index contributed by atoms with van der Waals surface area (Å²) in [5.74, 6) is -1.06. The molecule has 25 heavy (non-hydrogen) atoms. The molecule has 2 aliphatic rings. The summed E-state index contributed by atoms with van der Waals surface area (Å²) in [5.41, 5.74) is 1.39. The molecule has 5 heteroatoms. The number of anilines is 2. The molecule has 2 amide bonds. The fraction of sp³-hybridized carbons (Fsp3) is 0.300. The molecule has 1 unspecified atom stereocenters. The van der Waals surface area contributed by atoms with Crippen LogP contribution in [-0.2, 0) is 14.3 Å². The smallest absolute Gasteiger partial charge is 0.258 e. The molecule has 2 aliphatic heterocycles. The quantitative estimate of drug-likeness (QED) is 0.806. The lowest BCUT2D eigenvalue weighted by atomic mass is 9.99. The van der Waals surface area contributed by atoms with Crippen molar-refractivity contribution in [2.24, 2.45) is 5.92 Å². The summed E-state index contributed by atoms with van der Waals surface area (Å²) in [5, 5.41) is 2.99. The molecule has 1 atom stereocenters. The summed E-state index contributed by atoms with van der Waals surface area (Å²) < 4.78 is 5.65. The Kier molecular flexibility index (Phi) is 4.24. The molecule has 2 aromatic carbocycles. The lowest BCUT2D eigenvalue weighted by Crippen LogP contribution is -2.41. The lowest BCUT2D eigenvalue weighted by Gasteiger charge is -2.27. The molecule has 2 fully saturated rings. The molecule has 4 rings (SSSR count). The Labute approximate surface area is 146 Å². The minimum Gasteiger partial charge on any atom is -0.378 e. The maximum Gasteiger partial charge on any atom is 0.258 e. The van der Waals surface area contributed by atoms with Crippen molar-refractivity contribution < 1.29 is 14.3 Å². The van der Waals surface area contributed by atoms with Crippen LogP contribution >= 0.6 is 0 Å². The van der Waals surface area contributed by atoms with Gasteiger partial charge in [-0.3, -0.25) is 9.59 Å². The van der Waals surface area contributed by atoms with Gasteiger partial charge in [-0.1, -0.05) is 36.4 Å². The summed E-state index contributed by atoms with van der Waals surface area (Å²) in [7, 11) is 0. The van der Waals surface area contributed by atoms with Gasteiger partial charge >= 0.3 is 0 Å². The van der Waals surface area contributed by atoms with Gasteiger partial charge in [-0.05, 0) is 43.5 Å². The van der Waals surface area contributed by atoms with Crippen LogP contribution in [0.2, 0.25) is 0 Å². The molecule has 128 valence electrons. The highest BCUT2D eigenvalue weighted by molar-refractivity contribution is 6.23. The van der Waals surface area contributed by atoms with Crippen molar-refractivity contribution in [3.05, 3.63) is 60.7 Å². The second-order valence-electron chi connectivity index (χ2n) is 6.39. The van der Waals surface area contributed by atoms with Gasteiger partial charge in [-0.2, -0.15) is 0 Å². The van der Waals surface area contributed by atoms with E-state index in [4.69, 9.17) is 4.74 Å². The number of carbonyl (C=O) groups excluding carboxylic acids is 2. The minimum absolute atomic E-state index is 0.00810. The van der Waals surface area contributed by atoms with E-state index in [1.807, 2.05) is 60.7 Å². The highest BCUT2D eigenvalue weighted by Gasteiger charge is 2.48. The molecule has 0 spiro atoms. The van der Waals surface area contributed by atoms with Crippen LogP contribution in [0.1, 0.15) is 19.3 Å². The maximum atomic E-state index is 13.1. The average molecular weight is 336 g/mol. The largest absolute Gasteiger partial charge is 0.378 e. The van der Waals surface area contributed by atoms with E-state index in [0.717, 1.165) is 12.8 Å². The van der Waals surface area contributed by atoms with Crippen LogP contribution < -0.4 is 10.0 Å². The Morgan fingerprint density at radius 1 is 0.840 bits per heavy atom. The second-order valence-corrected chi connectivity index (χ2v) is 6.39. The Morgan fingerprint density at radius 3 is 1.80 bits per heavy atom. The number of hydrogen-bond acceptors (Lipinski definition) is 3. The van der Waals surface area contributed by atoms with Crippen LogP contribution in [0.25, 0.3) is 0 Å².